The number of halogens is 2. The van der Waals surface area contributed by atoms with E-state index in [1.54, 1.807) is 0 Å². The van der Waals surface area contributed by atoms with Gasteiger partial charge in [-0.3, -0.25) is 4.79 Å². The van der Waals surface area contributed by atoms with Crippen molar-refractivity contribution < 1.29 is 17.6 Å². The molecule has 1 aliphatic carbocycles. The molecule has 0 spiro atoms. The summed E-state index contributed by atoms with van der Waals surface area (Å²) in [4.78, 5) is 11.6. The number of allylic oxidation sites excluding steroid dienone is 1. The number of nitrogens with two attached hydrogens (primary N) is 1. The van der Waals surface area contributed by atoms with Gasteiger partial charge >= 0.3 is 0 Å². The van der Waals surface area contributed by atoms with Gasteiger partial charge in [-0.05, 0) is 37.8 Å². The molecule has 0 unspecified atom stereocenters. The normalized spacial score (nSPS) is 14.8. The standard InChI is InChI=1S/C14H16ClFN2O3S/c15-12-8-10(22(17,20)21)7-11(13(12)16)14(19)18-6-5-9-3-1-2-4-9/h3,7-8H,1-2,4-6H2,(H,18,19)(H2,17,20,21). The number of amides is 1. The molecule has 5 nitrogen and oxygen atoms in total. The number of benzene rings is 1. The van der Waals surface area contributed by atoms with Gasteiger partial charge in [-0.25, -0.2) is 17.9 Å². The molecule has 0 heterocycles. The highest BCUT2D eigenvalue weighted by molar-refractivity contribution is 7.89. The third-order valence-electron chi connectivity index (χ3n) is 3.44. The molecule has 0 saturated carbocycles. The fourth-order valence-electron chi connectivity index (χ4n) is 2.29. The van der Waals surface area contributed by atoms with Gasteiger partial charge in [0.1, 0.15) is 0 Å². The first-order chi connectivity index (χ1) is 10.3. The monoisotopic (exact) mass is 346 g/mol. The summed E-state index contributed by atoms with van der Waals surface area (Å²) >= 11 is 5.62. The van der Waals surface area contributed by atoms with Crippen LogP contribution in [-0.2, 0) is 10.0 Å². The summed E-state index contributed by atoms with van der Waals surface area (Å²) in [5.74, 6) is -1.69. The van der Waals surface area contributed by atoms with E-state index >= 15 is 0 Å². The number of hydrogen-bond donors (Lipinski definition) is 2. The van der Waals surface area contributed by atoms with Crippen molar-refractivity contribution in [3.8, 4) is 0 Å². The molecule has 0 fully saturated rings. The highest BCUT2D eigenvalue weighted by Gasteiger charge is 2.20. The topological polar surface area (TPSA) is 89.3 Å². The number of primary sulfonamides is 1. The Labute approximate surface area is 133 Å². The van der Waals surface area contributed by atoms with Crippen molar-refractivity contribution in [1.29, 1.82) is 0 Å². The van der Waals surface area contributed by atoms with Crippen LogP contribution in [0.5, 0.6) is 0 Å². The first-order valence-electron chi connectivity index (χ1n) is 6.77. The van der Waals surface area contributed by atoms with Gasteiger partial charge in [-0.15, -0.1) is 0 Å². The number of sulfonamides is 1. The van der Waals surface area contributed by atoms with E-state index in [2.05, 4.69) is 11.4 Å². The first kappa shape index (κ1) is 16.9. The van der Waals surface area contributed by atoms with Gasteiger partial charge in [0.15, 0.2) is 5.82 Å². The predicted molar refractivity (Wildman–Crippen MR) is 81.7 cm³/mol. The van der Waals surface area contributed by atoms with Crippen LogP contribution in [0.4, 0.5) is 4.39 Å². The molecule has 0 radical (unpaired) electrons. The lowest BCUT2D eigenvalue weighted by molar-refractivity contribution is 0.0950. The summed E-state index contributed by atoms with van der Waals surface area (Å²) in [6.07, 6.45) is 5.99. The highest BCUT2D eigenvalue weighted by Crippen LogP contribution is 2.23. The molecule has 0 aromatic heterocycles. The molecule has 1 amide bonds. The van der Waals surface area contributed by atoms with Crippen LogP contribution >= 0.6 is 11.6 Å². The minimum Gasteiger partial charge on any atom is -0.352 e. The molecule has 8 heteroatoms. The van der Waals surface area contributed by atoms with E-state index in [-0.39, 0.29) is 0 Å². The van der Waals surface area contributed by atoms with Crippen molar-refractivity contribution in [1.82, 2.24) is 5.32 Å². The van der Waals surface area contributed by atoms with E-state index in [4.69, 9.17) is 16.7 Å². The molecule has 0 aliphatic heterocycles. The van der Waals surface area contributed by atoms with E-state index < -0.39 is 37.2 Å². The van der Waals surface area contributed by atoms with Crippen LogP contribution in [0.2, 0.25) is 5.02 Å². The Balaban J connectivity index is 2.12. The van der Waals surface area contributed by atoms with Crippen molar-refractivity contribution in [3.05, 3.63) is 40.2 Å². The van der Waals surface area contributed by atoms with Crippen LogP contribution in [0.25, 0.3) is 0 Å². The maximum absolute atomic E-state index is 13.9. The van der Waals surface area contributed by atoms with Gasteiger partial charge in [0.05, 0.1) is 15.5 Å². The first-order valence-corrected chi connectivity index (χ1v) is 8.69. The van der Waals surface area contributed by atoms with Crippen molar-refractivity contribution >= 4 is 27.5 Å². The predicted octanol–water partition coefficient (Wildman–Crippen LogP) is 2.36. The zero-order valence-corrected chi connectivity index (χ0v) is 13.3. The second-order valence-corrected chi connectivity index (χ2v) is 7.04. The summed E-state index contributed by atoms with van der Waals surface area (Å²) in [5.41, 5.74) is 0.828. The summed E-state index contributed by atoms with van der Waals surface area (Å²) in [6.45, 7) is 0.349. The van der Waals surface area contributed by atoms with Gasteiger partial charge in [0.2, 0.25) is 10.0 Å². The average Bonchev–Trinajstić information content (AvgIpc) is 2.93. The van der Waals surface area contributed by atoms with Crippen molar-refractivity contribution in [2.24, 2.45) is 5.14 Å². The van der Waals surface area contributed by atoms with Gasteiger partial charge in [-0.2, -0.15) is 0 Å². The summed E-state index contributed by atoms with van der Waals surface area (Å²) in [7, 11) is -4.07. The maximum Gasteiger partial charge on any atom is 0.254 e. The van der Waals surface area contributed by atoms with Crippen LogP contribution in [-0.4, -0.2) is 20.9 Å². The number of nitrogens with one attached hydrogen (secondary N) is 1. The smallest absolute Gasteiger partial charge is 0.254 e. The summed E-state index contributed by atoms with van der Waals surface area (Å²) < 4.78 is 36.5. The second-order valence-electron chi connectivity index (χ2n) is 5.07. The van der Waals surface area contributed by atoms with Crippen molar-refractivity contribution in [3.63, 3.8) is 0 Å². The molecule has 1 aromatic rings. The Morgan fingerprint density at radius 3 is 2.73 bits per heavy atom. The van der Waals surface area contributed by atoms with Gasteiger partial charge in [0, 0.05) is 6.54 Å². The Bertz CT molecular complexity index is 732. The number of carbonyl (C=O) groups is 1. The molecule has 1 aromatic carbocycles. The van der Waals surface area contributed by atoms with Crippen LogP contribution in [0, 0.1) is 5.82 Å². The molecule has 0 saturated heterocycles. The molecular formula is C14H16ClFN2O3S. The number of hydrogen-bond acceptors (Lipinski definition) is 3. The molecule has 1 aliphatic rings. The lowest BCUT2D eigenvalue weighted by atomic mass is 10.1. The molecule has 3 N–H and O–H groups in total. The highest BCUT2D eigenvalue weighted by atomic mass is 35.5. The third kappa shape index (κ3) is 4.06. The lowest BCUT2D eigenvalue weighted by Gasteiger charge is -2.09. The van der Waals surface area contributed by atoms with E-state index in [1.807, 2.05) is 0 Å². The van der Waals surface area contributed by atoms with Crippen LogP contribution in [0.1, 0.15) is 36.0 Å². The maximum atomic E-state index is 13.9. The Morgan fingerprint density at radius 2 is 2.14 bits per heavy atom. The molecule has 22 heavy (non-hydrogen) atoms. The minimum atomic E-state index is -4.07. The minimum absolute atomic E-state index is 0.349. The average molecular weight is 347 g/mol. The molecule has 120 valence electrons. The quantitative estimate of drug-likeness (QED) is 0.802. The van der Waals surface area contributed by atoms with Crippen LogP contribution in [0.15, 0.2) is 28.7 Å². The van der Waals surface area contributed by atoms with Gasteiger partial charge in [-0.1, -0.05) is 23.3 Å². The van der Waals surface area contributed by atoms with E-state index in [0.29, 0.717) is 13.0 Å². The SMILES string of the molecule is NS(=O)(=O)c1cc(Cl)c(F)c(C(=O)NCCC2=CCCC2)c1. The van der Waals surface area contributed by atoms with Gasteiger partial charge in [0.25, 0.3) is 5.91 Å². The van der Waals surface area contributed by atoms with E-state index in [1.165, 1.54) is 5.57 Å². The molecular weight excluding hydrogens is 331 g/mol. The van der Waals surface area contributed by atoms with Gasteiger partial charge < -0.3 is 5.32 Å². The van der Waals surface area contributed by atoms with Crippen LogP contribution in [0.3, 0.4) is 0 Å². The van der Waals surface area contributed by atoms with E-state index in [0.717, 1.165) is 31.4 Å². The van der Waals surface area contributed by atoms with Crippen molar-refractivity contribution in [2.75, 3.05) is 6.54 Å². The Hall–Kier alpha value is -1.44. The second kappa shape index (κ2) is 6.76. The van der Waals surface area contributed by atoms with E-state index in [9.17, 15) is 17.6 Å². The lowest BCUT2D eigenvalue weighted by Crippen LogP contribution is -2.26. The molecule has 2 rings (SSSR count). The fourth-order valence-corrected chi connectivity index (χ4v) is 3.14. The third-order valence-corrected chi connectivity index (χ3v) is 4.61. The Morgan fingerprint density at radius 1 is 1.41 bits per heavy atom. The summed E-state index contributed by atoms with van der Waals surface area (Å²) in [6, 6.07) is 1.77. The Kier molecular flexibility index (Phi) is 5.20. The van der Waals surface area contributed by atoms with Crippen molar-refractivity contribution in [2.45, 2.75) is 30.6 Å². The fraction of sp³-hybridized carbons (Fsp3) is 0.357. The summed E-state index contributed by atoms with van der Waals surface area (Å²) in [5, 5.41) is 7.08. The largest absolute Gasteiger partial charge is 0.352 e. The zero-order valence-electron chi connectivity index (χ0n) is 11.7. The number of rotatable bonds is 5. The van der Waals surface area contributed by atoms with Crippen LogP contribution < -0.4 is 10.5 Å². The molecule has 0 atom stereocenters. The molecule has 0 bridgehead atoms. The number of carbonyl (C=O) groups excluding carboxylic acids is 1. The zero-order chi connectivity index (χ0) is 16.3.